The molecule has 0 saturated heterocycles. The second-order valence-corrected chi connectivity index (χ2v) is 8.67. The first kappa shape index (κ1) is 20.5. The van der Waals surface area contributed by atoms with E-state index in [9.17, 15) is 9.18 Å². The Morgan fingerprint density at radius 1 is 1.12 bits per heavy atom. The molecular weight excluding hydrogens is 407 g/mol. The van der Waals surface area contributed by atoms with Crippen LogP contribution in [0.15, 0.2) is 42.7 Å². The largest absolute Gasteiger partial charge is 0.465 e. The summed E-state index contributed by atoms with van der Waals surface area (Å²) in [6.45, 7) is 2.20. The van der Waals surface area contributed by atoms with Crippen LogP contribution in [0.5, 0.6) is 0 Å². The number of aromatic nitrogens is 4. The number of aromatic amines is 1. The van der Waals surface area contributed by atoms with Crippen molar-refractivity contribution in [2.24, 2.45) is 5.92 Å². The molecule has 1 aliphatic carbocycles. The van der Waals surface area contributed by atoms with Gasteiger partial charge in [-0.3, -0.25) is 4.98 Å². The molecule has 1 aliphatic rings. The average Bonchev–Trinajstić information content (AvgIpc) is 3.26. The van der Waals surface area contributed by atoms with E-state index in [2.05, 4.69) is 21.9 Å². The Labute approximate surface area is 185 Å². The Kier molecular flexibility index (Phi) is 5.33. The van der Waals surface area contributed by atoms with E-state index in [-0.39, 0.29) is 11.7 Å². The molecule has 0 unspecified atom stereocenters. The monoisotopic (exact) mass is 432 g/mol. The summed E-state index contributed by atoms with van der Waals surface area (Å²) >= 11 is 0. The van der Waals surface area contributed by atoms with Crippen LogP contribution < -0.4 is 0 Å². The molecule has 4 aromatic rings. The number of pyridine rings is 2. The number of benzene rings is 1. The molecule has 0 aliphatic heterocycles. The standard InChI is InChI=1S/C25H25FN4O2/c1-14(23-29-22-11-17(25(31)32-2)13-28-24(22)30-23)15-3-5-16(6-4-15)19-9-10-27-21-8-7-18(26)12-20(19)21/h7-16H,3-6H2,1-2H3,(H,28,29,30)/t14-,15-,16+/m1/s1. The summed E-state index contributed by atoms with van der Waals surface area (Å²) in [7, 11) is 1.35. The molecule has 0 bridgehead atoms. The lowest BCUT2D eigenvalue weighted by molar-refractivity contribution is 0.0600. The first-order valence-corrected chi connectivity index (χ1v) is 11.0. The normalized spacial score (nSPS) is 19.8. The molecule has 3 aromatic heterocycles. The summed E-state index contributed by atoms with van der Waals surface area (Å²) in [5, 5.41) is 0.925. The molecule has 1 atom stereocenters. The number of halogens is 1. The summed E-state index contributed by atoms with van der Waals surface area (Å²) in [6.07, 6.45) is 7.58. The van der Waals surface area contributed by atoms with Crippen LogP contribution in [0, 0.1) is 11.7 Å². The maximum Gasteiger partial charge on any atom is 0.339 e. The van der Waals surface area contributed by atoms with Gasteiger partial charge in [0.15, 0.2) is 5.65 Å². The number of methoxy groups -OCH3 is 1. The third kappa shape index (κ3) is 3.72. The Morgan fingerprint density at radius 2 is 1.94 bits per heavy atom. The van der Waals surface area contributed by atoms with E-state index in [1.54, 1.807) is 18.2 Å². The van der Waals surface area contributed by atoms with E-state index in [0.717, 1.165) is 42.4 Å². The van der Waals surface area contributed by atoms with E-state index in [0.29, 0.717) is 28.6 Å². The molecule has 164 valence electrons. The van der Waals surface area contributed by atoms with Crippen molar-refractivity contribution in [1.82, 2.24) is 19.9 Å². The summed E-state index contributed by atoms with van der Waals surface area (Å²) in [5.41, 5.74) is 3.80. The molecule has 1 fully saturated rings. The number of hydrogen-bond acceptors (Lipinski definition) is 5. The van der Waals surface area contributed by atoms with Gasteiger partial charge in [-0.2, -0.15) is 0 Å². The third-order valence-electron chi connectivity index (χ3n) is 6.86. The summed E-state index contributed by atoms with van der Waals surface area (Å²) in [6, 6.07) is 8.58. The van der Waals surface area contributed by atoms with Crippen LogP contribution in [0.3, 0.4) is 0 Å². The van der Waals surface area contributed by atoms with Gasteiger partial charge in [0.2, 0.25) is 0 Å². The third-order valence-corrected chi connectivity index (χ3v) is 6.86. The lowest BCUT2D eigenvalue weighted by Crippen LogP contribution is -2.19. The smallest absolute Gasteiger partial charge is 0.339 e. The van der Waals surface area contributed by atoms with Crippen LogP contribution in [0.4, 0.5) is 4.39 Å². The number of hydrogen-bond donors (Lipinski definition) is 1. The molecule has 0 amide bonds. The van der Waals surface area contributed by atoms with Crippen molar-refractivity contribution in [1.29, 1.82) is 0 Å². The molecule has 0 spiro atoms. The van der Waals surface area contributed by atoms with Crippen molar-refractivity contribution < 1.29 is 13.9 Å². The molecule has 0 radical (unpaired) electrons. The van der Waals surface area contributed by atoms with Gasteiger partial charge in [0.25, 0.3) is 0 Å². The molecule has 1 saturated carbocycles. The lowest BCUT2D eigenvalue weighted by atomic mass is 9.73. The predicted molar refractivity (Wildman–Crippen MR) is 120 cm³/mol. The van der Waals surface area contributed by atoms with E-state index in [1.165, 1.54) is 24.9 Å². The van der Waals surface area contributed by atoms with Crippen LogP contribution in [0.25, 0.3) is 22.1 Å². The Balaban J connectivity index is 1.32. The summed E-state index contributed by atoms with van der Waals surface area (Å²) in [5.74, 6) is 1.41. The van der Waals surface area contributed by atoms with Crippen LogP contribution in [-0.2, 0) is 4.74 Å². The first-order valence-electron chi connectivity index (χ1n) is 11.0. The number of nitrogens with one attached hydrogen (secondary N) is 1. The predicted octanol–water partition coefficient (Wildman–Crippen LogP) is 5.51. The zero-order chi connectivity index (χ0) is 22.2. The van der Waals surface area contributed by atoms with Gasteiger partial charge in [-0.1, -0.05) is 6.92 Å². The number of carbonyl (C=O) groups excluding carboxylic acids is 1. The second kappa shape index (κ2) is 8.30. The number of esters is 1. The van der Waals surface area contributed by atoms with E-state index < -0.39 is 5.97 Å². The second-order valence-electron chi connectivity index (χ2n) is 8.67. The summed E-state index contributed by atoms with van der Waals surface area (Å²) in [4.78, 5) is 28.5. The average molecular weight is 432 g/mol. The Hall–Kier alpha value is -3.35. The molecule has 3 heterocycles. The van der Waals surface area contributed by atoms with Crippen molar-refractivity contribution >= 4 is 28.0 Å². The van der Waals surface area contributed by atoms with Crippen LogP contribution in [0.1, 0.15) is 66.2 Å². The van der Waals surface area contributed by atoms with Crippen molar-refractivity contribution in [3.05, 3.63) is 65.5 Å². The quantitative estimate of drug-likeness (QED) is 0.430. The van der Waals surface area contributed by atoms with E-state index in [4.69, 9.17) is 9.72 Å². The molecule has 1 aromatic carbocycles. The van der Waals surface area contributed by atoms with Gasteiger partial charge in [-0.25, -0.2) is 19.2 Å². The number of H-pyrrole nitrogens is 1. The zero-order valence-corrected chi connectivity index (χ0v) is 18.1. The molecule has 1 N–H and O–H groups in total. The Morgan fingerprint density at radius 3 is 2.72 bits per heavy atom. The van der Waals surface area contributed by atoms with Gasteiger partial charge in [0.1, 0.15) is 17.2 Å². The highest BCUT2D eigenvalue weighted by Gasteiger charge is 2.29. The minimum atomic E-state index is -0.418. The highest BCUT2D eigenvalue weighted by atomic mass is 19.1. The van der Waals surface area contributed by atoms with Gasteiger partial charge in [-0.15, -0.1) is 0 Å². The van der Waals surface area contributed by atoms with E-state index >= 15 is 0 Å². The number of rotatable bonds is 4. The van der Waals surface area contributed by atoms with Gasteiger partial charge < -0.3 is 9.72 Å². The number of imidazole rings is 1. The fourth-order valence-electron chi connectivity index (χ4n) is 5.01. The number of nitrogens with zero attached hydrogens (tertiary/aromatic N) is 3. The molecule has 32 heavy (non-hydrogen) atoms. The Bertz CT molecular complexity index is 1290. The van der Waals surface area contributed by atoms with Crippen LogP contribution in [-0.4, -0.2) is 33.0 Å². The summed E-state index contributed by atoms with van der Waals surface area (Å²) < 4.78 is 18.6. The minimum Gasteiger partial charge on any atom is -0.465 e. The van der Waals surface area contributed by atoms with Crippen LogP contribution in [0.2, 0.25) is 0 Å². The number of fused-ring (bicyclic) bond motifs is 2. The fourth-order valence-corrected chi connectivity index (χ4v) is 5.01. The van der Waals surface area contributed by atoms with Gasteiger partial charge in [-0.05, 0) is 73.4 Å². The maximum absolute atomic E-state index is 13.8. The fraction of sp³-hybridized carbons (Fsp3) is 0.360. The van der Waals surface area contributed by atoms with E-state index in [1.807, 2.05) is 12.3 Å². The SMILES string of the molecule is COC(=O)c1cnc2[nH]c([C@H](C)[C@H]3CC[C@@H](c4ccnc5ccc(F)cc54)CC3)nc2c1. The van der Waals surface area contributed by atoms with Crippen LogP contribution >= 0.6 is 0 Å². The first-order chi connectivity index (χ1) is 15.5. The number of ether oxygens (including phenoxy) is 1. The maximum atomic E-state index is 13.8. The highest BCUT2D eigenvalue weighted by Crippen LogP contribution is 2.42. The molecule has 5 rings (SSSR count). The lowest BCUT2D eigenvalue weighted by Gasteiger charge is -2.32. The van der Waals surface area contributed by atoms with Crippen molar-refractivity contribution in [2.75, 3.05) is 7.11 Å². The minimum absolute atomic E-state index is 0.220. The van der Waals surface area contributed by atoms with Gasteiger partial charge in [0, 0.05) is 23.7 Å². The van der Waals surface area contributed by atoms with Crippen molar-refractivity contribution in [3.8, 4) is 0 Å². The topological polar surface area (TPSA) is 80.8 Å². The molecule has 6 nitrogen and oxygen atoms in total. The van der Waals surface area contributed by atoms with Gasteiger partial charge >= 0.3 is 5.97 Å². The number of carbonyl (C=O) groups is 1. The zero-order valence-electron chi connectivity index (χ0n) is 18.1. The molecule has 7 heteroatoms. The highest BCUT2D eigenvalue weighted by molar-refractivity contribution is 5.92. The van der Waals surface area contributed by atoms with Gasteiger partial charge in [0.05, 0.1) is 18.2 Å². The van der Waals surface area contributed by atoms with Crippen molar-refractivity contribution in [3.63, 3.8) is 0 Å². The van der Waals surface area contributed by atoms with Crippen molar-refractivity contribution in [2.45, 2.75) is 44.4 Å². The molecular formula is C25H25FN4O2.